The van der Waals surface area contributed by atoms with E-state index in [0.29, 0.717) is 4.59 Å². The zero-order valence-corrected chi connectivity index (χ0v) is 9.00. The topological polar surface area (TPSA) is 38.9 Å². The molecule has 2 N–H and O–H groups in total. The van der Waals surface area contributed by atoms with Crippen LogP contribution in [0.3, 0.4) is 0 Å². The summed E-state index contributed by atoms with van der Waals surface area (Å²) in [5.74, 6) is 6.21. The van der Waals surface area contributed by atoms with Gasteiger partial charge in [0.2, 0.25) is 0 Å². The number of quaternary nitrogens is 1. The first kappa shape index (κ1) is 9.12. The van der Waals surface area contributed by atoms with Crippen molar-refractivity contribution in [1.29, 1.82) is 0 Å². The van der Waals surface area contributed by atoms with E-state index in [-0.39, 0.29) is 0 Å². The van der Waals surface area contributed by atoms with E-state index >= 15 is 0 Å². The number of aromatic nitrogens is 1. The lowest BCUT2D eigenvalue weighted by molar-refractivity contribution is 0.346. The van der Waals surface area contributed by atoms with E-state index in [4.69, 9.17) is 5.84 Å². The summed E-state index contributed by atoms with van der Waals surface area (Å²) in [6.07, 6.45) is 4.29. The quantitative estimate of drug-likeness (QED) is 0.464. The number of hydrogen-bond acceptors (Lipinski definition) is 2. The third kappa shape index (κ3) is 1.75. The van der Waals surface area contributed by atoms with Gasteiger partial charge in [-0.15, -0.1) is 0 Å². The van der Waals surface area contributed by atoms with Gasteiger partial charge >= 0.3 is 0 Å². The molecule has 1 aromatic heterocycles. The van der Waals surface area contributed by atoms with Gasteiger partial charge in [0.25, 0.3) is 0 Å². The average Bonchev–Trinajstić information content (AvgIpc) is 2.54. The fraction of sp³-hybridized carbons (Fsp3) is 0.444. The molecule has 0 aliphatic carbocycles. The fourth-order valence-corrected chi connectivity index (χ4v) is 2.02. The van der Waals surface area contributed by atoms with E-state index in [1.54, 1.807) is 0 Å². The summed E-state index contributed by atoms with van der Waals surface area (Å²) in [7, 11) is 0. The van der Waals surface area contributed by atoms with Gasteiger partial charge in [-0.3, -0.25) is 0 Å². The third-order valence-electron chi connectivity index (χ3n) is 2.59. The molecule has 0 bridgehead atoms. The monoisotopic (exact) mass is 242 g/mol. The van der Waals surface area contributed by atoms with Gasteiger partial charge in [-0.05, 0) is 22.0 Å². The summed E-state index contributed by atoms with van der Waals surface area (Å²) in [5.41, 5.74) is 1.11. The Morgan fingerprint density at radius 3 is 2.54 bits per heavy atom. The molecule has 0 amide bonds. The molecule has 1 fully saturated rings. The van der Waals surface area contributed by atoms with Gasteiger partial charge in [-0.1, -0.05) is 0 Å². The van der Waals surface area contributed by atoms with Crippen LogP contribution in [0.5, 0.6) is 0 Å². The zero-order valence-electron chi connectivity index (χ0n) is 7.41. The molecule has 1 aliphatic rings. The maximum atomic E-state index is 6.21. The molecule has 0 unspecified atom stereocenters. The third-order valence-corrected chi connectivity index (χ3v) is 3.06. The second kappa shape index (κ2) is 3.36. The number of pyridine rings is 1. The number of rotatable bonds is 1. The van der Waals surface area contributed by atoms with E-state index < -0.39 is 0 Å². The SMILES string of the molecule is N[N+]1(c2ccc(Br)nc2)CCCC1. The van der Waals surface area contributed by atoms with Gasteiger partial charge in [0.05, 0.1) is 6.20 Å². The number of halogens is 1. The molecule has 70 valence electrons. The lowest BCUT2D eigenvalue weighted by Crippen LogP contribution is -2.53. The molecule has 0 spiro atoms. The Balaban J connectivity index is 2.29. The van der Waals surface area contributed by atoms with Crippen molar-refractivity contribution in [3.8, 4) is 0 Å². The highest BCUT2D eigenvalue weighted by Crippen LogP contribution is 2.24. The Bertz CT molecular complexity index is 290. The van der Waals surface area contributed by atoms with Crippen LogP contribution in [0.15, 0.2) is 22.9 Å². The van der Waals surface area contributed by atoms with Crippen molar-refractivity contribution in [3.63, 3.8) is 0 Å². The standard InChI is InChI=1S/C9H13BrN3/c10-9-4-3-8(7-12-9)13(11)5-1-2-6-13/h3-4,7H,1-2,5-6,11H2/q+1. The maximum absolute atomic E-state index is 6.21. The molecule has 0 saturated carbocycles. The highest BCUT2D eigenvalue weighted by atomic mass is 79.9. The molecule has 13 heavy (non-hydrogen) atoms. The molecular weight excluding hydrogens is 230 g/mol. The summed E-state index contributed by atoms with van der Waals surface area (Å²) in [5, 5.41) is 0. The largest absolute Gasteiger partial charge is 0.243 e. The summed E-state index contributed by atoms with van der Waals surface area (Å²) in [6, 6.07) is 3.99. The average molecular weight is 243 g/mol. The van der Waals surface area contributed by atoms with Crippen LogP contribution in [-0.2, 0) is 0 Å². The Hall–Kier alpha value is -0.450. The molecule has 0 aromatic carbocycles. The van der Waals surface area contributed by atoms with Gasteiger partial charge in [0, 0.05) is 18.9 Å². The van der Waals surface area contributed by atoms with Gasteiger partial charge < -0.3 is 0 Å². The molecule has 0 radical (unpaired) electrons. The van der Waals surface area contributed by atoms with Crippen molar-refractivity contribution < 1.29 is 0 Å². The van der Waals surface area contributed by atoms with Crippen molar-refractivity contribution in [2.45, 2.75) is 12.8 Å². The first-order valence-corrected chi connectivity index (χ1v) is 5.28. The summed E-state index contributed by atoms with van der Waals surface area (Å²) in [6.45, 7) is 2.06. The van der Waals surface area contributed by atoms with Gasteiger partial charge in [-0.25, -0.2) is 9.58 Å². The van der Waals surface area contributed by atoms with E-state index in [1.165, 1.54) is 12.8 Å². The van der Waals surface area contributed by atoms with Crippen LogP contribution in [-0.4, -0.2) is 18.1 Å². The highest BCUT2D eigenvalue weighted by Gasteiger charge is 2.31. The van der Waals surface area contributed by atoms with Gasteiger partial charge in [-0.2, -0.15) is 5.84 Å². The van der Waals surface area contributed by atoms with Crippen LogP contribution in [0.25, 0.3) is 0 Å². The van der Waals surface area contributed by atoms with Crippen LogP contribution < -0.4 is 10.4 Å². The highest BCUT2D eigenvalue weighted by molar-refractivity contribution is 9.10. The molecule has 1 aliphatic heterocycles. The van der Waals surface area contributed by atoms with E-state index in [0.717, 1.165) is 23.4 Å². The minimum atomic E-state index is 0.556. The molecule has 3 nitrogen and oxygen atoms in total. The molecule has 1 saturated heterocycles. The van der Waals surface area contributed by atoms with Crippen LogP contribution in [0.2, 0.25) is 0 Å². The van der Waals surface area contributed by atoms with Crippen molar-refractivity contribution in [3.05, 3.63) is 22.9 Å². The van der Waals surface area contributed by atoms with Crippen LogP contribution in [0.1, 0.15) is 12.8 Å². The predicted octanol–water partition coefficient (Wildman–Crippen LogP) is 1.82. The Labute approximate surface area is 86.3 Å². The number of nitrogens with two attached hydrogens (primary N) is 1. The van der Waals surface area contributed by atoms with Gasteiger partial charge in [0.15, 0.2) is 5.69 Å². The van der Waals surface area contributed by atoms with Crippen molar-refractivity contribution in [1.82, 2.24) is 9.58 Å². The summed E-state index contributed by atoms with van der Waals surface area (Å²) < 4.78 is 1.42. The fourth-order valence-electron chi connectivity index (χ4n) is 1.79. The molecule has 2 rings (SSSR count). The molecular formula is C9H13BrN3+. The summed E-state index contributed by atoms with van der Waals surface area (Å²) in [4.78, 5) is 4.19. The number of hydrogen-bond donors (Lipinski definition) is 1. The Morgan fingerprint density at radius 2 is 2.00 bits per heavy atom. The lowest BCUT2D eigenvalue weighted by Gasteiger charge is -2.26. The van der Waals surface area contributed by atoms with Crippen LogP contribution >= 0.6 is 15.9 Å². The van der Waals surface area contributed by atoms with Crippen molar-refractivity contribution in [2.24, 2.45) is 5.84 Å². The zero-order chi connectivity index (χ0) is 9.31. The number of nitrogens with zero attached hydrogens (tertiary/aromatic N) is 2. The van der Waals surface area contributed by atoms with Crippen LogP contribution in [0.4, 0.5) is 5.69 Å². The lowest BCUT2D eigenvalue weighted by atomic mass is 10.3. The minimum Gasteiger partial charge on any atom is -0.243 e. The smallest absolute Gasteiger partial charge is 0.170 e. The van der Waals surface area contributed by atoms with E-state index in [9.17, 15) is 0 Å². The first-order valence-electron chi connectivity index (χ1n) is 4.48. The molecule has 4 heteroatoms. The molecule has 1 aromatic rings. The van der Waals surface area contributed by atoms with E-state index in [1.807, 2.05) is 18.3 Å². The second-order valence-corrected chi connectivity index (χ2v) is 4.34. The molecule has 2 heterocycles. The predicted molar refractivity (Wildman–Crippen MR) is 56.9 cm³/mol. The Kier molecular flexibility index (Phi) is 2.36. The second-order valence-electron chi connectivity index (χ2n) is 3.53. The normalized spacial score (nSPS) is 20.5. The minimum absolute atomic E-state index is 0.556. The van der Waals surface area contributed by atoms with Gasteiger partial charge in [0.1, 0.15) is 17.7 Å². The first-order chi connectivity index (χ1) is 6.21. The van der Waals surface area contributed by atoms with Crippen molar-refractivity contribution in [2.75, 3.05) is 13.1 Å². The maximum Gasteiger partial charge on any atom is 0.170 e. The molecule has 0 atom stereocenters. The van der Waals surface area contributed by atoms with Crippen LogP contribution in [0, 0.1) is 0 Å². The Morgan fingerprint density at radius 1 is 1.31 bits per heavy atom. The van der Waals surface area contributed by atoms with E-state index in [2.05, 4.69) is 20.9 Å². The summed E-state index contributed by atoms with van der Waals surface area (Å²) >= 11 is 3.31. The van der Waals surface area contributed by atoms with Crippen molar-refractivity contribution >= 4 is 21.6 Å².